The van der Waals surface area contributed by atoms with E-state index >= 15 is 0 Å². The first-order valence-corrected chi connectivity index (χ1v) is 7.98. The van der Waals surface area contributed by atoms with Gasteiger partial charge in [0.25, 0.3) is 0 Å². The van der Waals surface area contributed by atoms with E-state index in [1.165, 1.54) is 11.1 Å². The molecule has 4 rings (SSSR count). The van der Waals surface area contributed by atoms with Gasteiger partial charge in [-0.3, -0.25) is 0 Å². The van der Waals surface area contributed by atoms with Crippen LogP contribution in [0.3, 0.4) is 0 Å². The Morgan fingerprint density at radius 3 is 2.00 bits per heavy atom. The second-order valence-corrected chi connectivity index (χ2v) is 5.59. The topological polar surface area (TPSA) is 36.8 Å². The number of hydrogen-bond acceptors (Lipinski definition) is 3. The molecule has 0 fully saturated rings. The Balaban J connectivity index is 1.69. The van der Waals surface area contributed by atoms with E-state index < -0.39 is 0 Å². The third-order valence-corrected chi connectivity index (χ3v) is 3.97. The van der Waals surface area contributed by atoms with Crippen LogP contribution >= 0.6 is 0 Å². The summed E-state index contributed by atoms with van der Waals surface area (Å²) in [5, 5.41) is 3.28. The molecule has 1 N–H and O–H groups in total. The lowest BCUT2D eigenvalue weighted by Gasteiger charge is -2.15. The molecule has 0 radical (unpaired) electrons. The second-order valence-electron chi connectivity index (χ2n) is 5.59. The number of hydrogen-bond donors (Lipinski definition) is 1. The maximum Gasteiger partial charge on any atom is 0.158 e. The fourth-order valence-electron chi connectivity index (χ4n) is 2.76. The number of aliphatic imine (C=N–C) groups is 2. The van der Waals surface area contributed by atoms with Gasteiger partial charge in [-0.25, -0.2) is 9.98 Å². The number of rotatable bonds is 3. The van der Waals surface area contributed by atoms with Crippen molar-refractivity contribution in [3.63, 3.8) is 0 Å². The van der Waals surface area contributed by atoms with Crippen LogP contribution in [0.4, 0.5) is 0 Å². The molecule has 1 aliphatic rings. The molecule has 1 heterocycles. The monoisotopic (exact) mass is 311 g/mol. The number of nitrogens with one attached hydrogen (secondary N) is 1. The molecule has 0 atom stereocenters. The first kappa shape index (κ1) is 14.4. The summed E-state index contributed by atoms with van der Waals surface area (Å²) in [5.74, 6) is 1.64. The molecule has 3 nitrogen and oxygen atoms in total. The maximum absolute atomic E-state index is 4.71. The van der Waals surface area contributed by atoms with Crippen LogP contribution < -0.4 is 5.32 Å². The van der Waals surface area contributed by atoms with Crippen LogP contribution in [0.25, 0.3) is 11.1 Å². The minimum absolute atomic E-state index is 0.540. The summed E-state index contributed by atoms with van der Waals surface area (Å²) in [7, 11) is 0. The highest BCUT2D eigenvalue weighted by molar-refractivity contribution is 6.12. The summed E-state index contributed by atoms with van der Waals surface area (Å²) in [6.07, 6.45) is 0. The van der Waals surface area contributed by atoms with Crippen LogP contribution in [0.1, 0.15) is 11.1 Å². The molecule has 3 aromatic rings. The largest absolute Gasteiger partial charge is 0.350 e. The van der Waals surface area contributed by atoms with Crippen molar-refractivity contribution in [3.05, 3.63) is 96.1 Å². The Morgan fingerprint density at radius 2 is 1.25 bits per heavy atom. The van der Waals surface area contributed by atoms with Gasteiger partial charge in [0.1, 0.15) is 12.5 Å². The van der Waals surface area contributed by atoms with Crippen LogP contribution in [0.5, 0.6) is 0 Å². The minimum atomic E-state index is 0.540. The van der Waals surface area contributed by atoms with Crippen LogP contribution in [0.15, 0.2) is 94.9 Å². The molecule has 0 spiro atoms. The number of nitrogens with zero attached hydrogens (tertiary/aromatic N) is 2. The van der Waals surface area contributed by atoms with Crippen molar-refractivity contribution in [1.82, 2.24) is 5.32 Å². The van der Waals surface area contributed by atoms with Gasteiger partial charge in [0.15, 0.2) is 5.84 Å². The first-order chi connectivity index (χ1) is 11.9. The van der Waals surface area contributed by atoms with Crippen LogP contribution in [-0.4, -0.2) is 18.3 Å². The highest BCUT2D eigenvalue weighted by Gasteiger charge is 2.12. The van der Waals surface area contributed by atoms with Crippen molar-refractivity contribution >= 4 is 11.7 Å². The SMILES string of the molecule is c1ccc(C2=NCNC(c3cccc(-c4ccccc4)c3)=N2)cc1. The van der Waals surface area contributed by atoms with Crippen LogP contribution in [0, 0.1) is 0 Å². The van der Waals surface area contributed by atoms with Gasteiger partial charge < -0.3 is 5.32 Å². The van der Waals surface area contributed by atoms with Crippen molar-refractivity contribution < 1.29 is 0 Å². The quantitative estimate of drug-likeness (QED) is 0.776. The summed E-state index contributed by atoms with van der Waals surface area (Å²) in [6.45, 7) is 0.540. The van der Waals surface area contributed by atoms with Gasteiger partial charge in [0, 0.05) is 11.1 Å². The summed E-state index contributed by atoms with van der Waals surface area (Å²) in [6, 6.07) is 28.9. The van der Waals surface area contributed by atoms with E-state index in [1.54, 1.807) is 0 Å². The second kappa shape index (κ2) is 6.50. The van der Waals surface area contributed by atoms with Crippen molar-refractivity contribution in [2.75, 3.05) is 6.67 Å². The Kier molecular flexibility index (Phi) is 3.90. The van der Waals surface area contributed by atoms with Crippen molar-refractivity contribution in [2.45, 2.75) is 0 Å². The Hall–Kier alpha value is -3.20. The summed E-state index contributed by atoms with van der Waals surface area (Å²) in [5.41, 5.74) is 4.49. The molecule has 24 heavy (non-hydrogen) atoms. The molecular formula is C21H17N3. The fraction of sp³-hybridized carbons (Fsp3) is 0.0476. The van der Waals surface area contributed by atoms with Gasteiger partial charge in [-0.2, -0.15) is 0 Å². The van der Waals surface area contributed by atoms with Crippen molar-refractivity contribution in [1.29, 1.82) is 0 Å². The van der Waals surface area contributed by atoms with E-state index in [9.17, 15) is 0 Å². The Morgan fingerprint density at radius 1 is 0.625 bits per heavy atom. The van der Waals surface area contributed by atoms with E-state index in [0.717, 1.165) is 22.8 Å². The molecule has 0 aromatic heterocycles. The standard InChI is InChI=1S/C21H17N3/c1-3-8-16(9-4-1)18-12-7-13-19(14-18)21-23-15-22-20(24-21)17-10-5-2-6-11-17/h1-14H,15H2,(H,22,23,24). The van der Waals surface area contributed by atoms with Gasteiger partial charge in [0.05, 0.1) is 0 Å². The van der Waals surface area contributed by atoms with Gasteiger partial charge in [-0.05, 0) is 17.2 Å². The smallest absolute Gasteiger partial charge is 0.158 e. The van der Waals surface area contributed by atoms with E-state index in [2.05, 4.69) is 58.8 Å². The zero-order valence-electron chi connectivity index (χ0n) is 13.2. The Labute approximate surface area is 141 Å². The Bertz CT molecular complexity index is 897. The predicted molar refractivity (Wildman–Crippen MR) is 99.4 cm³/mol. The molecule has 116 valence electrons. The average Bonchev–Trinajstić information content (AvgIpc) is 2.70. The molecule has 0 unspecified atom stereocenters. The predicted octanol–water partition coefficient (Wildman–Crippen LogP) is 4.11. The molecule has 1 aliphatic heterocycles. The van der Waals surface area contributed by atoms with Crippen LogP contribution in [-0.2, 0) is 0 Å². The highest BCUT2D eigenvalue weighted by atomic mass is 15.2. The maximum atomic E-state index is 4.71. The summed E-state index contributed by atoms with van der Waals surface area (Å²) in [4.78, 5) is 9.19. The molecule has 0 bridgehead atoms. The molecule has 3 heteroatoms. The number of amidine groups is 2. The highest BCUT2D eigenvalue weighted by Crippen LogP contribution is 2.20. The summed E-state index contributed by atoms with van der Waals surface area (Å²) < 4.78 is 0. The van der Waals surface area contributed by atoms with Gasteiger partial charge in [-0.15, -0.1) is 0 Å². The zero-order chi connectivity index (χ0) is 16.2. The van der Waals surface area contributed by atoms with E-state index in [-0.39, 0.29) is 0 Å². The third-order valence-electron chi connectivity index (χ3n) is 3.97. The van der Waals surface area contributed by atoms with E-state index in [1.807, 2.05) is 36.4 Å². The minimum Gasteiger partial charge on any atom is -0.350 e. The van der Waals surface area contributed by atoms with Crippen molar-refractivity contribution in [3.8, 4) is 11.1 Å². The molecule has 0 aliphatic carbocycles. The molecule has 0 saturated carbocycles. The zero-order valence-corrected chi connectivity index (χ0v) is 13.2. The number of benzene rings is 3. The average molecular weight is 311 g/mol. The van der Waals surface area contributed by atoms with Gasteiger partial charge in [-0.1, -0.05) is 78.9 Å². The normalized spacial score (nSPS) is 13.7. The lowest BCUT2D eigenvalue weighted by atomic mass is 10.0. The lowest BCUT2D eigenvalue weighted by molar-refractivity contribution is 0.907. The van der Waals surface area contributed by atoms with Gasteiger partial charge in [0.2, 0.25) is 0 Å². The fourth-order valence-corrected chi connectivity index (χ4v) is 2.76. The third kappa shape index (κ3) is 2.97. The first-order valence-electron chi connectivity index (χ1n) is 7.98. The van der Waals surface area contributed by atoms with E-state index in [0.29, 0.717) is 6.67 Å². The van der Waals surface area contributed by atoms with Crippen molar-refractivity contribution in [2.24, 2.45) is 9.98 Å². The molecule has 3 aromatic carbocycles. The molecular weight excluding hydrogens is 294 g/mol. The summed E-state index contributed by atoms with van der Waals surface area (Å²) >= 11 is 0. The van der Waals surface area contributed by atoms with Crippen LogP contribution in [0.2, 0.25) is 0 Å². The molecule has 0 amide bonds. The molecule has 0 saturated heterocycles. The lowest BCUT2D eigenvalue weighted by Crippen LogP contribution is -2.30. The van der Waals surface area contributed by atoms with E-state index in [4.69, 9.17) is 4.99 Å². The van der Waals surface area contributed by atoms with Gasteiger partial charge >= 0.3 is 0 Å².